The molecule has 88 heavy (non-hydrogen) atoms. The number of nitriles is 2. The smallest absolute Gasteiger partial charge is 0.101 e. The fraction of sp³-hybridized carbons (Fsp3) is 0.0250. The molecule has 0 saturated heterocycles. The van der Waals surface area contributed by atoms with E-state index in [1.165, 1.54) is 0 Å². The monoisotopic (exact) mass is 1120 g/mol. The van der Waals surface area contributed by atoms with Gasteiger partial charge in [-0.25, -0.2) is 0 Å². The lowest BCUT2D eigenvalue weighted by molar-refractivity contribution is 1.02. The van der Waals surface area contributed by atoms with Crippen molar-refractivity contribution in [1.29, 1.82) is 10.5 Å². The fourth-order valence-electron chi connectivity index (χ4n) is 14.1. The highest BCUT2D eigenvalue weighted by Gasteiger charge is 2.29. The predicted molar refractivity (Wildman–Crippen MR) is 364 cm³/mol. The van der Waals surface area contributed by atoms with Crippen LogP contribution in [0.15, 0.2) is 291 Å². The number of aromatic nitrogens is 4. The normalized spacial score (nSPS) is 12.5. The van der Waals surface area contributed by atoms with Gasteiger partial charge in [0.05, 0.1) is 78.0 Å². The summed E-state index contributed by atoms with van der Waals surface area (Å²) in [5, 5.41) is 32.3. The molecule has 0 spiro atoms. The molecule has 12 aromatic carbocycles. The zero-order valence-corrected chi connectivity index (χ0v) is 47.7. The molecule has 0 unspecified atom stereocenters. The van der Waals surface area contributed by atoms with Crippen LogP contribution in [-0.4, -0.2) is 18.3 Å². The summed E-state index contributed by atoms with van der Waals surface area (Å²) in [6.07, 6.45) is 8.82. The molecule has 1 aliphatic carbocycles. The van der Waals surface area contributed by atoms with Crippen LogP contribution in [0.4, 0.5) is 34.1 Å². The van der Waals surface area contributed by atoms with E-state index in [4.69, 9.17) is 0 Å². The Kier molecular flexibility index (Phi) is 11.6. The maximum Gasteiger partial charge on any atom is 0.101 e. The van der Waals surface area contributed by atoms with Gasteiger partial charge in [0.25, 0.3) is 0 Å². The van der Waals surface area contributed by atoms with Crippen molar-refractivity contribution in [2.24, 2.45) is 0 Å². The first-order valence-corrected chi connectivity index (χ1v) is 29.9. The van der Waals surface area contributed by atoms with Gasteiger partial charge in [0.2, 0.25) is 0 Å². The average Bonchev–Trinajstić information content (AvgIpc) is 2.08. The molecule has 17 rings (SSSR count). The number of allylic oxidation sites excluding steroid dienone is 4. The Balaban J connectivity index is 0.982. The van der Waals surface area contributed by atoms with Gasteiger partial charge in [-0.2, -0.15) is 10.5 Å². The maximum absolute atomic E-state index is 11.9. The van der Waals surface area contributed by atoms with Crippen molar-refractivity contribution in [3.05, 3.63) is 302 Å². The number of hydrogen-bond donors (Lipinski definition) is 0. The van der Waals surface area contributed by atoms with Crippen molar-refractivity contribution in [3.8, 4) is 29.2 Å². The summed E-state index contributed by atoms with van der Waals surface area (Å²) >= 11 is 0. The third kappa shape index (κ3) is 7.70. The van der Waals surface area contributed by atoms with Crippen LogP contribution in [0.3, 0.4) is 0 Å². The number of fused-ring (bicyclic) bond motifs is 12. The quantitative estimate of drug-likeness (QED) is 0.137. The highest BCUT2D eigenvalue weighted by atomic mass is 15.2. The summed E-state index contributed by atoms with van der Waals surface area (Å²) in [7, 11) is 0. The lowest BCUT2D eigenvalue weighted by Gasteiger charge is -2.26. The Morgan fingerprint density at radius 2 is 0.682 bits per heavy atom. The second-order valence-corrected chi connectivity index (χ2v) is 22.6. The van der Waals surface area contributed by atoms with E-state index in [-0.39, 0.29) is 0 Å². The molecule has 8 nitrogen and oxygen atoms in total. The van der Waals surface area contributed by atoms with Gasteiger partial charge in [0.1, 0.15) is 12.1 Å². The average molecular weight is 1130 g/mol. The van der Waals surface area contributed by atoms with Gasteiger partial charge in [-0.05, 0) is 152 Å². The number of para-hydroxylation sites is 7. The molecular formula is C80H52N8. The number of hydrogen-bond acceptors (Lipinski definition) is 4. The standard InChI is InChI=1S/C80H52N8/c81-51-53-46-74(88-72-44-24-42-70(84(57-29-11-3-12-30-57)58-31-13-4-14-32-58)80(72)66-50-76-64(48-78(66)88)62-38-20-22-40-68(62)86(76)60-35-17-6-18-36-60)54(52-82)45-73(53)87-71-43-23-41-69(83(55-25-7-1-8-26-55)56-27-9-2-10-28-56)79(71)65-49-75-63(47-77(65)87)61-37-19-21-39-67(61)85(75)59-33-15-5-16-34-59/h1-5,7-17,19-50H,6,18H2. The largest absolute Gasteiger partial charge is 0.310 e. The summed E-state index contributed by atoms with van der Waals surface area (Å²) in [6, 6.07) is 101. The Labute approximate surface area is 507 Å². The number of anilines is 6. The highest BCUT2D eigenvalue weighted by molar-refractivity contribution is 6.24. The highest BCUT2D eigenvalue weighted by Crippen LogP contribution is 2.50. The van der Waals surface area contributed by atoms with Crippen molar-refractivity contribution in [3.63, 3.8) is 0 Å². The molecule has 0 amide bonds. The second-order valence-electron chi connectivity index (χ2n) is 22.6. The molecule has 0 aliphatic heterocycles. The third-order valence-corrected chi connectivity index (χ3v) is 17.7. The first-order chi connectivity index (χ1) is 43.6. The van der Waals surface area contributed by atoms with Gasteiger partial charge < -0.3 is 28.1 Å². The van der Waals surface area contributed by atoms with E-state index < -0.39 is 0 Å². The zero-order valence-electron chi connectivity index (χ0n) is 47.7. The summed E-state index contributed by atoms with van der Waals surface area (Å²) in [4.78, 5) is 4.65. The lowest BCUT2D eigenvalue weighted by atomic mass is 10.1. The molecule has 0 radical (unpaired) electrons. The van der Waals surface area contributed by atoms with Crippen molar-refractivity contribution in [2.45, 2.75) is 12.8 Å². The Morgan fingerprint density at radius 1 is 0.307 bits per heavy atom. The summed E-state index contributed by atoms with van der Waals surface area (Å²) in [6.45, 7) is 0. The number of rotatable bonds is 10. The van der Waals surface area contributed by atoms with Gasteiger partial charge >= 0.3 is 0 Å². The van der Waals surface area contributed by atoms with Crippen molar-refractivity contribution in [1.82, 2.24) is 18.3 Å². The summed E-state index contributed by atoms with van der Waals surface area (Å²) < 4.78 is 9.23. The van der Waals surface area contributed by atoms with Gasteiger partial charge in [-0.1, -0.05) is 152 Å². The first kappa shape index (κ1) is 50.4. The topological polar surface area (TPSA) is 73.8 Å². The van der Waals surface area contributed by atoms with Crippen LogP contribution >= 0.6 is 0 Å². The molecule has 0 bridgehead atoms. The predicted octanol–water partition coefficient (Wildman–Crippen LogP) is 21.0. The Bertz CT molecular complexity index is 5560. The van der Waals surface area contributed by atoms with Crippen LogP contribution in [0.2, 0.25) is 0 Å². The number of benzene rings is 12. The van der Waals surface area contributed by atoms with Crippen LogP contribution in [0, 0.1) is 22.7 Å². The minimum Gasteiger partial charge on any atom is -0.310 e. The molecule has 0 fully saturated rings. The molecule has 0 N–H and O–H groups in total. The van der Waals surface area contributed by atoms with Gasteiger partial charge in [-0.15, -0.1) is 0 Å². The Hall–Kier alpha value is -12.1. The van der Waals surface area contributed by atoms with Crippen LogP contribution in [0.5, 0.6) is 0 Å². The summed E-state index contributed by atoms with van der Waals surface area (Å²) in [5.74, 6) is 0. The van der Waals surface area contributed by atoms with Crippen molar-refractivity contribution < 1.29 is 0 Å². The minimum atomic E-state index is 0.419. The van der Waals surface area contributed by atoms with Crippen molar-refractivity contribution in [2.75, 3.05) is 9.80 Å². The van der Waals surface area contributed by atoms with Crippen LogP contribution < -0.4 is 9.80 Å². The van der Waals surface area contributed by atoms with E-state index in [0.29, 0.717) is 22.5 Å². The van der Waals surface area contributed by atoms with Crippen molar-refractivity contribution >= 4 is 127 Å². The van der Waals surface area contributed by atoms with E-state index >= 15 is 0 Å². The van der Waals surface area contributed by atoms with Gasteiger partial charge in [0.15, 0.2) is 0 Å². The number of nitrogens with zero attached hydrogens (tertiary/aromatic N) is 8. The first-order valence-electron chi connectivity index (χ1n) is 29.9. The van der Waals surface area contributed by atoms with Crippen LogP contribution in [0.25, 0.3) is 110 Å². The van der Waals surface area contributed by atoms with Gasteiger partial charge in [-0.3, -0.25) is 0 Å². The SMILES string of the molecule is N#Cc1cc(-n2c3cc4c5ccccc5n(-c5ccccc5)c4cc3c3c(N(c4ccccc4)c4ccccc4)cccc32)c(C#N)cc1-n1c2cc3c4ccccc4n(C4=CCCC=C4)c3cc2c2c(N(c3ccccc3)c3ccccc3)cccc21. The molecular weight excluding hydrogens is 1070 g/mol. The van der Waals surface area contributed by atoms with Crippen LogP contribution in [0.1, 0.15) is 24.0 Å². The van der Waals surface area contributed by atoms with E-state index in [0.717, 1.165) is 146 Å². The van der Waals surface area contributed by atoms with E-state index in [1.807, 2.05) is 24.3 Å². The molecule has 16 aromatic rings. The third-order valence-electron chi connectivity index (χ3n) is 17.7. The van der Waals surface area contributed by atoms with Gasteiger partial charge in [0, 0.05) is 77.2 Å². The molecule has 4 heterocycles. The van der Waals surface area contributed by atoms with Crippen LogP contribution in [-0.2, 0) is 0 Å². The fourth-order valence-corrected chi connectivity index (χ4v) is 14.1. The zero-order chi connectivity index (χ0) is 58.4. The second kappa shape index (κ2) is 20.3. The van der Waals surface area contributed by atoms with E-state index in [9.17, 15) is 10.5 Å². The lowest BCUT2D eigenvalue weighted by Crippen LogP contribution is -2.10. The molecule has 0 saturated carbocycles. The molecule has 0 atom stereocenters. The maximum atomic E-state index is 11.9. The van der Waals surface area contributed by atoms with E-state index in [2.05, 4.69) is 307 Å². The Morgan fingerprint density at radius 3 is 1.11 bits per heavy atom. The molecule has 412 valence electrons. The molecule has 1 aliphatic rings. The summed E-state index contributed by atoms with van der Waals surface area (Å²) in [5.41, 5.74) is 18.2. The van der Waals surface area contributed by atoms with E-state index in [1.54, 1.807) is 0 Å². The molecule has 8 heteroatoms. The molecule has 4 aromatic heterocycles. The minimum absolute atomic E-state index is 0.419.